The van der Waals surface area contributed by atoms with Crippen LogP contribution < -0.4 is 10.2 Å². The second-order valence-corrected chi connectivity index (χ2v) is 10.7. The Kier molecular flexibility index (Phi) is 7.75. The Morgan fingerprint density at radius 2 is 1.63 bits per heavy atom. The van der Waals surface area contributed by atoms with Crippen LogP contribution in [0.5, 0.6) is 0 Å². The van der Waals surface area contributed by atoms with Gasteiger partial charge in [-0.2, -0.15) is 0 Å². The van der Waals surface area contributed by atoms with Gasteiger partial charge in [-0.15, -0.1) is 0 Å². The lowest BCUT2D eigenvalue weighted by Gasteiger charge is -2.31. The summed E-state index contributed by atoms with van der Waals surface area (Å²) in [6, 6.07) is 32.0. The van der Waals surface area contributed by atoms with Gasteiger partial charge in [-0.3, -0.25) is 9.59 Å². The Hall–Kier alpha value is -4.09. The number of amides is 2. The van der Waals surface area contributed by atoms with E-state index in [0.717, 1.165) is 33.7 Å². The fourth-order valence-corrected chi connectivity index (χ4v) is 5.52. The number of nitrogens with zero attached hydrogens (tertiary/aromatic N) is 1. The monoisotopic (exact) mass is 518 g/mol. The molecule has 1 aliphatic heterocycles. The number of aryl methyl sites for hydroxylation is 2. The lowest BCUT2D eigenvalue weighted by Crippen LogP contribution is -2.34. The van der Waals surface area contributed by atoms with Gasteiger partial charge in [0.15, 0.2) is 0 Å². The van der Waals surface area contributed by atoms with E-state index in [1.807, 2.05) is 79.7 Å². The fraction of sp³-hybridized carbons (Fsp3) is 0.152. The topological polar surface area (TPSA) is 49.4 Å². The highest BCUT2D eigenvalue weighted by atomic mass is 32.2. The van der Waals surface area contributed by atoms with Gasteiger partial charge in [0.25, 0.3) is 11.8 Å². The van der Waals surface area contributed by atoms with Crippen LogP contribution in [-0.4, -0.2) is 18.4 Å². The summed E-state index contributed by atoms with van der Waals surface area (Å²) in [5.74, 6) is -0.205. The highest BCUT2D eigenvalue weighted by Crippen LogP contribution is 2.43. The SMILES string of the molecule is Cc1ccc(CCNC(=O)c2ccc3c(c2)N(Cc2cccc(C)c2)C(=O)C(=Cc2ccccc2)S3)cc1. The van der Waals surface area contributed by atoms with Crippen molar-refractivity contribution in [2.24, 2.45) is 0 Å². The van der Waals surface area contributed by atoms with E-state index >= 15 is 0 Å². The van der Waals surface area contributed by atoms with Crippen LogP contribution in [0.4, 0.5) is 5.69 Å². The second kappa shape index (κ2) is 11.5. The predicted octanol–water partition coefficient (Wildman–Crippen LogP) is 6.96. The van der Waals surface area contributed by atoms with E-state index in [-0.39, 0.29) is 11.8 Å². The van der Waals surface area contributed by atoms with E-state index in [1.54, 1.807) is 4.90 Å². The van der Waals surface area contributed by atoms with Crippen molar-refractivity contribution in [3.8, 4) is 0 Å². The number of nitrogens with one attached hydrogen (secondary N) is 1. The molecule has 2 amide bonds. The predicted molar refractivity (Wildman–Crippen MR) is 156 cm³/mol. The smallest absolute Gasteiger partial charge is 0.265 e. The summed E-state index contributed by atoms with van der Waals surface area (Å²) in [6.07, 6.45) is 2.70. The molecule has 4 nitrogen and oxygen atoms in total. The molecular weight excluding hydrogens is 488 g/mol. The summed E-state index contributed by atoms with van der Waals surface area (Å²) < 4.78 is 0. The molecule has 0 unspecified atom stereocenters. The molecular formula is C33H30N2O2S. The molecule has 0 saturated carbocycles. The van der Waals surface area contributed by atoms with E-state index in [2.05, 4.69) is 42.6 Å². The van der Waals surface area contributed by atoms with Crippen molar-refractivity contribution in [1.29, 1.82) is 0 Å². The number of thioether (sulfide) groups is 1. The summed E-state index contributed by atoms with van der Waals surface area (Å²) in [6.45, 7) is 5.08. The molecule has 190 valence electrons. The summed E-state index contributed by atoms with van der Waals surface area (Å²) in [5.41, 5.74) is 6.88. The normalized spacial score (nSPS) is 13.9. The third-order valence-corrected chi connectivity index (χ3v) is 7.61. The third kappa shape index (κ3) is 6.06. The van der Waals surface area contributed by atoms with Crippen molar-refractivity contribution in [2.75, 3.05) is 11.4 Å². The largest absolute Gasteiger partial charge is 0.352 e. The fourth-order valence-electron chi connectivity index (χ4n) is 4.48. The molecule has 5 heteroatoms. The van der Waals surface area contributed by atoms with Gasteiger partial charge in [-0.1, -0.05) is 102 Å². The third-order valence-electron chi connectivity index (χ3n) is 6.53. The second-order valence-electron chi connectivity index (χ2n) is 9.58. The molecule has 1 N–H and O–H groups in total. The highest BCUT2D eigenvalue weighted by molar-refractivity contribution is 8.04. The average molecular weight is 519 g/mol. The number of hydrogen-bond acceptors (Lipinski definition) is 3. The Morgan fingerprint density at radius 1 is 0.842 bits per heavy atom. The molecule has 0 radical (unpaired) electrons. The van der Waals surface area contributed by atoms with Gasteiger partial charge < -0.3 is 10.2 Å². The van der Waals surface area contributed by atoms with Gasteiger partial charge in [0, 0.05) is 17.0 Å². The number of hydrogen-bond donors (Lipinski definition) is 1. The van der Waals surface area contributed by atoms with Gasteiger partial charge in [0.2, 0.25) is 0 Å². The van der Waals surface area contributed by atoms with Crippen LogP contribution in [0.25, 0.3) is 6.08 Å². The van der Waals surface area contributed by atoms with Crippen molar-refractivity contribution >= 4 is 35.3 Å². The molecule has 38 heavy (non-hydrogen) atoms. The molecule has 0 bridgehead atoms. The minimum absolute atomic E-state index is 0.0650. The van der Waals surface area contributed by atoms with E-state index in [9.17, 15) is 9.59 Å². The van der Waals surface area contributed by atoms with Crippen molar-refractivity contribution in [3.05, 3.63) is 135 Å². The number of carbonyl (C=O) groups is 2. The first kappa shape index (κ1) is 25.6. The van der Waals surface area contributed by atoms with Crippen molar-refractivity contribution in [3.63, 3.8) is 0 Å². The Morgan fingerprint density at radius 3 is 2.39 bits per heavy atom. The van der Waals surface area contributed by atoms with Crippen molar-refractivity contribution in [1.82, 2.24) is 5.32 Å². The standard InChI is InChI=1S/C33H30N2O2S/c1-23-11-13-25(14-12-23)17-18-34-32(36)28-15-16-30-29(21-28)35(22-27-10-6-7-24(2)19-27)33(37)31(38-30)20-26-8-4-3-5-9-26/h3-16,19-21H,17-18,22H2,1-2H3,(H,34,36). The van der Waals surface area contributed by atoms with Crippen LogP contribution in [0.2, 0.25) is 0 Å². The van der Waals surface area contributed by atoms with Gasteiger partial charge in [0.1, 0.15) is 0 Å². The zero-order valence-corrected chi connectivity index (χ0v) is 22.4. The lowest BCUT2D eigenvalue weighted by molar-refractivity contribution is -0.114. The van der Waals surface area contributed by atoms with Crippen LogP contribution in [0.3, 0.4) is 0 Å². The minimum atomic E-state index is -0.140. The maximum Gasteiger partial charge on any atom is 0.265 e. The summed E-state index contributed by atoms with van der Waals surface area (Å²) >= 11 is 1.45. The van der Waals surface area contributed by atoms with Gasteiger partial charge in [-0.05, 0) is 61.2 Å². The van der Waals surface area contributed by atoms with E-state index in [0.29, 0.717) is 23.6 Å². The molecule has 0 spiro atoms. The number of benzene rings is 4. The van der Waals surface area contributed by atoms with E-state index < -0.39 is 0 Å². The van der Waals surface area contributed by atoms with Gasteiger partial charge in [0.05, 0.1) is 17.1 Å². The van der Waals surface area contributed by atoms with E-state index in [1.165, 1.54) is 22.9 Å². The maximum absolute atomic E-state index is 13.8. The zero-order valence-electron chi connectivity index (χ0n) is 21.6. The lowest BCUT2D eigenvalue weighted by atomic mass is 10.1. The van der Waals surface area contributed by atoms with Gasteiger partial charge in [-0.25, -0.2) is 0 Å². The Bertz CT molecular complexity index is 1490. The molecule has 0 atom stereocenters. The first-order valence-electron chi connectivity index (χ1n) is 12.8. The summed E-state index contributed by atoms with van der Waals surface area (Å²) in [4.78, 5) is 30.2. The molecule has 0 saturated heterocycles. The maximum atomic E-state index is 13.8. The van der Waals surface area contributed by atoms with E-state index in [4.69, 9.17) is 0 Å². The molecule has 0 fully saturated rings. The molecule has 4 aromatic carbocycles. The molecule has 1 heterocycles. The van der Waals surface area contributed by atoms with Crippen molar-refractivity contribution in [2.45, 2.75) is 31.7 Å². The molecule has 0 aliphatic carbocycles. The first-order valence-corrected chi connectivity index (χ1v) is 13.6. The molecule has 0 aromatic heterocycles. The highest BCUT2D eigenvalue weighted by Gasteiger charge is 2.30. The Balaban J connectivity index is 1.41. The number of rotatable bonds is 7. The first-order chi connectivity index (χ1) is 18.5. The van der Waals surface area contributed by atoms with Crippen LogP contribution in [0.15, 0.2) is 107 Å². The van der Waals surface area contributed by atoms with Crippen LogP contribution in [-0.2, 0) is 17.8 Å². The van der Waals surface area contributed by atoms with Crippen LogP contribution >= 0.6 is 11.8 Å². The minimum Gasteiger partial charge on any atom is -0.352 e. The molecule has 5 rings (SSSR count). The quantitative estimate of drug-likeness (QED) is 0.269. The van der Waals surface area contributed by atoms with Gasteiger partial charge >= 0.3 is 0 Å². The van der Waals surface area contributed by atoms with Crippen LogP contribution in [0, 0.1) is 13.8 Å². The summed E-state index contributed by atoms with van der Waals surface area (Å²) in [7, 11) is 0. The average Bonchev–Trinajstić information content (AvgIpc) is 2.92. The number of anilines is 1. The zero-order chi connectivity index (χ0) is 26.5. The Labute approximate surface area is 228 Å². The number of carbonyl (C=O) groups excluding carboxylic acids is 2. The summed E-state index contributed by atoms with van der Waals surface area (Å²) in [5, 5.41) is 3.03. The molecule has 1 aliphatic rings. The molecule has 4 aromatic rings. The number of fused-ring (bicyclic) bond motifs is 1. The van der Waals surface area contributed by atoms with Crippen molar-refractivity contribution < 1.29 is 9.59 Å². The van der Waals surface area contributed by atoms with Crippen LogP contribution in [0.1, 0.15) is 38.2 Å².